The number of anilines is 5. The highest BCUT2D eigenvalue weighted by Crippen LogP contribution is 2.38. The van der Waals surface area contributed by atoms with Gasteiger partial charge >= 0.3 is 0 Å². The average Bonchev–Trinajstić information content (AvgIpc) is 3.74. The van der Waals surface area contributed by atoms with Crippen LogP contribution in [0, 0.1) is 0 Å². The zero-order valence-corrected chi connectivity index (χ0v) is 33.4. The SMILES string of the molecule is C=CCn1c(=O)c2cnc(Nc3ccc(N4CCN(C5CCN(c6ccc(NC7CCC(=O)NC7=O)cc6)CC5)CC4)cc3)nc2n1-c1ccc2c(n1)[C@@](O)(CC)CC2. The highest BCUT2D eigenvalue weighted by molar-refractivity contribution is 6.01. The third kappa shape index (κ3) is 7.56. The minimum Gasteiger partial charge on any atom is -0.384 e. The van der Waals surface area contributed by atoms with Gasteiger partial charge in [-0.15, -0.1) is 6.58 Å². The van der Waals surface area contributed by atoms with Crippen LogP contribution in [0.1, 0.15) is 56.7 Å². The van der Waals surface area contributed by atoms with E-state index in [1.54, 1.807) is 21.6 Å². The average molecular weight is 798 g/mol. The molecule has 4 aliphatic rings. The summed E-state index contributed by atoms with van der Waals surface area (Å²) in [6, 6.07) is 20.6. The van der Waals surface area contributed by atoms with E-state index in [1.807, 2.05) is 43.3 Å². The van der Waals surface area contributed by atoms with E-state index in [4.69, 9.17) is 9.97 Å². The molecule has 3 aliphatic heterocycles. The lowest BCUT2D eigenvalue weighted by molar-refractivity contribution is -0.133. The second kappa shape index (κ2) is 15.9. The summed E-state index contributed by atoms with van der Waals surface area (Å²) in [4.78, 5) is 58.9. The molecule has 306 valence electrons. The topological polar surface area (TPSA) is 166 Å². The van der Waals surface area contributed by atoms with Crippen molar-refractivity contribution < 1.29 is 14.7 Å². The van der Waals surface area contributed by atoms with E-state index in [-0.39, 0.29) is 30.0 Å². The smallest absolute Gasteiger partial charge is 0.278 e. The fourth-order valence-electron chi connectivity index (χ4n) is 9.13. The maximum absolute atomic E-state index is 13.5. The number of nitrogens with one attached hydrogen (secondary N) is 3. The second-order valence-corrected chi connectivity index (χ2v) is 16.1. The zero-order chi connectivity index (χ0) is 40.7. The Morgan fingerprint density at radius 3 is 2.24 bits per heavy atom. The van der Waals surface area contributed by atoms with Gasteiger partial charge in [0.2, 0.25) is 17.8 Å². The van der Waals surface area contributed by atoms with E-state index in [1.165, 1.54) is 11.4 Å². The van der Waals surface area contributed by atoms with Crippen LogP contribution in [0.25, 0.3) is 16.9 Å². The molecule has 2 amide bonds. The zero-order valence-electron chi connectivity index (χ0n) is 33.4. The Morgan fingerprint density at radius 2 is 1.56 bits per heavy atom. The molecule has 0 spiro atoms. The Kier molecular flexibility index (Phi) is 10.4. The monoisotopic (exact) mass is 797 g/mol. The van der Waals surface area contributed by atoms with Crippen LogP contribution in [0.2, 0.25) is 0 Å². The Bertz CT molecular complexity index is 2430. The maximum atomic E-state index is 13.5. The molecule has 9 rings (SSSR count). The molecule has 4 N–H and O–H groups in total. The summed E-state index contributed by atoms with van der Waals surface area (Å²) in [6.45, 7) is 12.0. The van der Waals surface area contributed by atoms with Gasteiger partial charge in [0.25, 0.3) is 5.56 Å². The predicted octanol–water partition coefficient (Wildman–Crippen LogP) is 4.46. The number of aliphatic hydroxyl groups is 1. The number of imide groups is 1. The normalized spacial score (nSPS) is 21.4. The number of aromatic nitrogens is 5. The predicted molar refractivity (Wildman–Crippen MR) is 229 cm³/mol. The van der Waals surface area contributed by atoms with Crippen LogP contribution in [-0.4, -0.2) is 97.5 Å². The number of benzene rings is 2. The summed E-state index contributed by atoms with van der Waals surface area (Å²) in [5, 5.41) is 20.6. The Hall–Kier alpha value is -6.06. The van der Waals surface area contributed by atoms with Crippen molar-refractivity contribution in [3.8, 4) is 5.82 Å². The van der Waals surface area contributed by atoms with Crippen molar-refractivity contribution >= 4 is 51.5 Å². The third-order valence-corrected chi connectivity index (χ3v) is 12.6. The molecule has 15 nitrogen and oxygen atoms in total. The number of carbonyl (C=O) groups excluding carboxylic acids is 2. The van der Waals surface area contributed by atoms with Gasteiger partial charge in [0.05, 0.1) is 12.2 Å². The van der Waals surface area contributed by atoms with E-state index in [2.05, 4.69) is 66.5 Å². The number of fused-ring (bicyclic) bond motifs is 2. The molecule has 3 fully saturated rings. The van der Waals surface area contributed by atoms with Crippen LogP contribution in [0.3, 0.4) is 0 Å². The van der Waals surface area contributed by atoms with Gasteiger partial charge in [0.15, 0.2) is 11.5 Å². The number of hydrogen-bond donors (Lipinski definition) is 4. The van der Waals surface area contributed by atoms with Crippen molar-refractivity contribution in [2.45, 2.75) is 76.1 Å². The lowest BCUT2D eigenvalue weighted by Gasteiger charge is -2.43. The lowest BCUT2D eigenvalue weighted by Crippen LogP contribution is -2.53. The second-order valence-electron chi connectivity index (χ2n) is 16.1. The third-order valence-electron chi connectivity index (χ3n) is 12.6. The first-order valence-corrected chi connectivity index (χ1v) is 20.8. The molecule has 5 aromatic rings. The molecule has 0 saturated carbocycles. The van der Waals surface area contributed by atoms with Crippen LogP contribution < -0.4 is 31.3 Å². The molecule has 2 atom stereocenters. The number of piperidine rings is 2. The van der Waals surface area contributed by atoms with Gasteiger partial charge in [-0.25, -0.2) is 19.3 Å². The lowest BCUT2D eigenvalue weighted by atomic mass is 9.98. The highest BCUT2D eigenvalue weighted by atomic mass is 16.3. The summed E-state index contributed by atoms with van der Waals surface area (Å²) in [6.07, 6.45) is 8.27. The number of rotatable bonds is 11. The van der Waals surface area contributed by atoms with Crippen molar-refractivity contribution in [2.24, 2.45) is 0 Å². The minimum atomic E-state index is -0.990. The standard InChI is InChI=1S/C44H51N11O4/c1-3-21-54-42(58)35-28-45-43(50-40(35)55(54)37-15-5-29-17-20-44(59,4-2)39(29)48-37)47-31-8-12-33(13-9-31)52-24-26-53(27-25-52)34-18-22-51(23-19-34)32-10-6-30(7-11-32)46-36-14-16-38(56)49-41(36)57/h3,5-13,15,28,34,36,46,59H,1,4,14,16-27H2,2H3,(H,45,47,50)(H,49,56,57)/t36?,44-/m1/s1. The first-order valence-electron chi connectivity index (χ1n) is 20.8. The summed E-state index contributed by atoms with van der Waals surface area (Å²) < 4.78 is 3.26. The Morgan fingerprint density at radius 1 is 0.864 bits per heavy atom. The number of pyridine rings is 1. The number of amides is 2. The molecular weight excluding hydrogens is 747 g/mol. The number of allylic oxidation sites excluding steroid dienone is 1. The first-order chi connectivity index (χ1) is 28.7. The van der Waals surface area contributed by atoms with Gasteiger partial charge < -0.3 is 25.5 Å². The molecule has 59 heavy (non-hydrogen) atoms. The van der Waals surface area contributed by atoms with Crippen molar-refractivity contribution in [3.63, 3.8) is 0 Å². The number of carbonyl (C=O) groups is 2. The maximum Gasteiger partial charge on any atom is 0.278 e. The largest absolute Gasteiger partial charge is 0.384 e. The summed E-state index contributed by atoms with van der Waals surface area (Å²) in [5.74, 6) is 0.404. The van der Waals surface area contributed by atoms with Crippen LogP contribution >= 0.6 is 0 Å². The van der Waals surface area contributed by atoms with Crippen LogP contribution in [0.15, 0.2) is 84.3 Å². The molecular formula is C44H51N11O4. The number of piperazine rings is 1. The van der Waals surface area contributed by atoms with E-state index < -0.39 is 5.60 Å². The highest BCUT2D eigenvalue weighted by Gasteiger charge is 2.37. The van der Waals surface area contributed by atoms with E-state index in [9.17, 15) is 19.5 Å². The van der Waals surface area contributed by atoms with Gasteiger partial charge in [-0.05, 0) is 98.7 Å². The molecule has 1 aliphatic carbocycles. The van der Waals surface area contributed by atoms with Crippen molar-refractivity contribution in [1.82, 2.24) is 34.5 Å². The molecule has 1 unspecified atom stereocenters. The fourth-order valence-corrected chi connectivity index (χ4v) is 9.13. The van der Waals surface area contributed by atoms with E-state index in [0.717, 1.165) is 75.5 Å². The number of aryl methyl sites for hydroxylation is 1. The van der Waals surface area contributed by atoms with Crippen molar-refractivity contribution in [3.05, 3.63) is 101 Å². The Labute approximate surface area is 342 Å². The Balaban J connectivity index is 0.802. The van der Waals surface area contributed by atoms with E-state index in [0.29, 0.717) is 60.2 Å². The van der Waals surface area contributed by atoms with Gasteiger partial charge in [0.1, 0.15) is 17.0 Å². The first kappa shape index (κ1) is 38.5. The molecule has 6 heterocycles. The number of nitrogens with zero attached hydrogens (tertiary/aromatic N) is 8. The van der Waals surface area contributed by atoms with Gasteiger partial charge in [0, 0.05) is 80.7 Å². The van der Waals surface area contributed by atoms with Crippen LogP contribution in [-0.2, 0) is 28.2 Å². The minimum absolute atomic E-state index is 0.207. The molecule has 3 aromatic heterocycles. The summed E-state index contributed by atoms with van der Waals surface area (Å²) >= 11 is 0. The van der Waals surface area contributed by atoms with Crippen molar-refractivity contribution in [1.29, 1.82) is 0 Å². The quantitative estimate of drug-likeness (QED) is 0.110. The van der Waals surface area contributed by atoms with Crippen LogP contribution in [0.4, 0.5) is 28.7 Å². The van der Waals surface area contributed by atoms with Gasteiger partial charge in [-0.3, -0.25) is 24.6 Å². The summed E-state index contributed by atoms with van der Waals surface area (Å²) in [7, 11) is 0. The molecule has 2 aromatic carbocycles. The number of hydrogen-bond acceptors (Lipinski definition) is 12. The molecule has 15 heteroatoms. The molecule has 3 saturated heterocycles. The fraction of sp³-hybridized carbons (Fsp3) is 0.409. The summed E-state index contributed by atoms with van der Waals surface area (Å²) in [5.41, 5.74) is 4.96. The van der Waals surface area contributed by atoms with E-state index >= 15 is 0 Å². The molecule has 0 bridgehead atoms. The van der Waals surface area contributed by atoms with Gasteiger partial charge in [-0.2, -0.15) is 4.98 Å². The van der Waals surface area contributed by atoms with Gasteiger partial charge in [-0.1, -0.05) is 19.1 Å². The molecule has 0 radical (unpaired) electrons. The van der Waals surface area contributed by atoms with Crippen molar-refractivity contribution in [2.75, 3.05) is 59.7 Å². The van der Waals surface area contributed by atoms with Crippen LogP contribution in [0.5, 0.6) is 0 Å².